The van der Waals surface area contributed by atoms with E-state index in [0.717, 1.165) is 24.8 Å². The topological polar surface area (TPSA) is 105 Å². The maximum Gasteiger partial charge on any atom is 0.341 e. The Bertz CT molecular complexity index is 877. The molecule has 7 heteroatoms. The van der Waals surface area contributed by atoms with Crippen molar-refractivity contribution in [3.63, 3.8) is 0 Å². The molecule has 7 nitrogen and oxygen atoms in total. The first-order valence-electron chi connectivity index (χ1n) is 9.14. The summed E-state index contributed by atoms with van der Waals surface area (Å²) in [6.07, 6.45) is 2.99. The maximum absolute atomic E-state index is 12.4. The molecule has 0 radical (unpaired) electrons. The summed E-state index contributed by atoms with van der Waals surface area (Å²) in [6, 6.07) is 13.7. The lowest BCUT2D eigenvalue weighted by Crippen LogP contribution is -2.28. The quantitative estimate of drug-likeness (QED) is 0.651. The number of benzene rings is 2. The number of carboxylic acids is 1. The Morgan fingerprint density at radius 1 is 1.07 bits per heavy atom. The minimum atomic E-state index is -1.08. The van der Waals surface area contributed by atoms with Crippen LogP contribution in [0.3, 0.4) is 0 Å². The highest BCUT2D eigenvalue weighted by Crippen LogP contribution is 2.27. The van der Waals surface area contributed by atoms with E-state index in [1.54, 1.807) is 18.2 Å². The normalized spacial score (nSPS) is 13.3. The molecule has 1 aliphatic rings. The molecule has 2 amide bonds. The summed E-state index contributed by atoms with van der Waals surface area (Å²) in [5.74, 6) is -0.913. The van der Waals surface area contributed by atoms with Gasteiger partial charge in [0.05, 0.1) is 0 Å². The first-order valence-corrected chi connectivity index (χ1v) is 9.14. The van der Waals surface area contributed by atoms with Gasteiger partial charge in [-0.2, -0.15) is 0 Å². The minimum Gasteiger partial charge on any atom is -0.482 e. The van der Waals surface area contributed by atoms with Crippen molar-refractivity contribution >= 4 is 23.5 Å². The lowest BCUT2D eigenvalue weighted by atomic mass is 9.85. The molecule has 0 saturated heterocycles. The molecule has 1 aliphatic carbocycles. The summed E-state index contributed by atoms with van der Waals surface area (Å²) < 4.78 is 5.09. The SMILES string of the molecule is O=C(O)COc1cccc(C(=O)NCc2cccc(NC(=O)C3CCC3)c2)c1. The smallest absolute Gasteiger partial charge is 0.341 e. The summed E-state index contributed by atoms with van der Waals surface area (Å²) in [5.41, 5.74) is 1.95. The van der Waals surface area contributed by atoms with Crippen molar-refractivity contribution in [3.05, 3.63) is 59.7 Å². The number of carboxylic acid groups (broad SMARTS) is 1. The van der Waals surface area contributed by atoms with E-state index in [0.29, 0.717) is 23.5 Å². The van der Waals surface area contributed by atoms with E-state index in [2.05, 4.69) is 10.6 Å². The van der Waals surface area contributed by atoms with Crippen LogP contribution in [0.1, 0.15) is 35.2 Å². The third-order valence-corrected chi connectivity index (χ3v) is 4.58. The van der Waals surface area contributed by atoms with E-state index in [9.17, 15) is 14.4 Å². The van der Waals surface area contributed by atoms with E-state index < -0.39 is 12.6 Å². The third-order valence-electron chi connectivity index (χ3n) is 4.58. The molecule has 0 spiro atoms. The van der Waals surface area contributed by atoms with Crippen molar-refractivity contribution in [1.82, 2.24) is 5.32 Å². The Hall–Kier alpha value is -3.35. The average molecular weight is 382 g/mol. The van der Waals surface area contributed by atoms with Gasteiger partial charge in [-0.3, -0.25) is 9.59 Å². The summed E-state index contributed by atoms with van der Waals surface area (Å²) >= 11 is 0. The number of hydrogen-bond donors (Lipinski definition) is 3. The zero-order chi connectivity index (χ0) is 19.9. The number of carbonyl (C=O) groups is 3. The van der Waals surface area contributed by atoms with Crippen molar-refractivity contribution in [2.45, 2.75) is 25.8 Å². The van der Waals surface area contributed by atoms with Gasteiger partial charge in [0.2, 0.25) is 5.91 Å². The van der Waals surface area contributed by atoms with Gasteiger partial charge in [0.15, 0.2) is 6.61 Å². The van der Waals surface area contributed by atoms with Crippen LogP contribution in [0.15, 0.2) is 48.5 Å². The summed E-state index contributed by atoms with van der Waals surface area (Å²) in [4.78, 5) is 35.0. The molecule has 1 saturated carbocycles. The van der Waals surface area contributed by atoms with E-state index in [-0.39, 0.29) is 17.7 Å². The third kappa shape index (κ3) is 5.33. The van der Waals surface area contributed by atoms with Gasteiger partial charge in [-0.15, -0.1) is 0 Å². The largest absolute Gasteiger partial charge is 0.482 e. The van der Waals surface area contributed by atoms with E-state index >= 15 is 0 Å². The Labute approximate surface area is 162 Å². The predicted molar refractivity (Wildman–Crippen MR) is 103 cm³/mol. The highest BCUT2D eigenvalue weighted by atomic mass is 16.5. The molecule has 0 unspecified atom stereocenters. The van der Waals surface area contributed by atoms with Crippen molar-refractivity contribution < 1.29 is 24.2 Å². The summed E-state index contributed by atoms with van der Waals surface area (Å²) in [5, 5.41) is 14.4. The second-order valence-corrected chi connectivity index (χ2v) is 6.71. The second-order valence-electron chi connectivity index (χ2n) is 6.71. The van der Waals surface area contributed by atoms with Crippen LogP contribution in [0.25, 0.3) is 0 Å². The molecule has 0 aliphatic heterocycles. The fourth-order valence-corrected chi connectivity index (χ4v) is 2.83. The van der Waals surface area contributed by atoms with E-state index in [1.165, 1.54) is 6.07 Å². The van der Waals surface area contributed by atoms with Crippen LogP contribution in [0.4, 0.5) is 5.69 Å². The molecular formula is C21H22N2O5. The van der Waals surface area contributed by atoms with Crippen LogP contribution < -0.4 is 15.4 Å². The van der Waals surface area contributed by atoms with Crippen LogP contribution in [-0.2, 0) is 16.1 Å². The Morgan fingerprint density at radius 2 is 1.86 bits per heavy atom. The van der Waals surface area contributed by atoms with Crippen LogP contribution in [-0.4, -0.2) is 29.5 Å². The predicted octanol–water partition coefficient (Wildman–Crippen LogP) is 2.82. The number of rotatable bonds is 8. The van der Waals surface area contributed by atoms with Crippen molar-refractivity contribution in [1.29, 1.82) is 0 Å². The standard InChI is InChI=1S/C21H22N2O5/c24-19(25)13-28-18-9-3-7-16(11-18)20(26)22-12-14-4-1-8-17(10-14)23-21(27)15-5-2-6-15/h1,3-4,7-11,15H,2,5-6,12-13H2,(H,22,26)(H,23,27)(H,24,25). The number of nitrogens with one attached hydrogen (secondary N) is 2. The zero-order valence-corrected chi connectivity index (χ0v) is 15.3. The first kappa shape index (κ1) is 19.4. The van der Waals surface area contributed by atoms with Crippen molar-refractivity contribution in [2.75, 3.05) is 11.9 Å². The molecule has 28 heavy (non-hydrogen) atoms. The van der Waals surface area contributed by atoms with Crippen LogP contribution >= 0.6 is 0 Å². The van der Waals surface area contributed by atoms with Gasteiger partial charge in [-0.1, -0.05) is 24.6 Å². The number of carbonyl (C=O) groups excluding carboxylic acids is 2. The van der Waals surface area contributed by atoms with Gasteiger partial charge in [-0.05, 0) is 48.7 Å². The molecule has 0 atom stereocenters. The summed E-state index contributed by atoms with van der Waals surface area (Å²) in [6.45, 7) is -0.170. The molecule has 0 heterocycles. The van der Waals surface area contributed by atoms with Gasteiger partial charge >= 0.3 is 5.97 Å². The van der Waals surface area contributed by atoms with E-state index in [1.807, 2.05) is 24.3 Å². The fraction of sp³-hybridized carbons (Fsp3) is 0.286. The maximum atomic E-state index is 12.4. The lowest BCUT2D eigenvalue weighted by molar-refractivity contribution is -0.139. The highest BCUT2D eigenvalue weighted by Gasteiger charge is 2.25. The molecule has 2 aromatic rings. The number of amides is 2. The number of anilines is 1. The zero-order valence-electron chi connectivity index (χ0n) is 15.3. The molecule has 2 aromatic carbocycles. The lowest BCUT2D eigenvalue weighted by Gasteiger charge is -2.24. The molecule has 1 fully saturated rings. The monoisotopic (exact) mass is 382 g/mol. The van der Waals surface area contributed by atoms with Crippen LogP contribution in [0.2, 0.25) is 0 Å². The van der Waals surface area contributed by atoms with Gasteiger partial charge in [0, 0.05) is 23.7 Å². The number of hydrogen-bond acceptors (Lipinski definition) is 4. The molecule has 3 N–H and O–H groups in total. The molecule has 146 valence electrons. The van der Waals surface area contributed by atoms with Gasteiger partial charge in [-0.25, -0.2) is 4.79 Å². The molecular weight excluding hydrogens is 360 g/mol. The minimum absolute atomic E-state index is 0.0469. The van der Waals surface area contributed by atoms with Crippen molar-refractivity contribution in [3.8, 4) is 5.75 Å². The van der Waals surface area contributed by atoms with Crippen molar-refractivity contribution in [2.24, 2.45) is 5.92 Å². The Kier molecular flexibility index (Phi) is 6.26. The average Bonchev–Trinajstić information content (AvgIpc) is 2.63. The van der Waals surface area contributed by atoms with E-state index in [4.69, 9.17) is 9.84 Å². The molecule has 0 aromatic heterocycles. The Balaban J connectivity index is 1.55. The van der Waals surface area contributed by atoms with Gasteiger partial charge in [0.1, 0.15) is 5.75 Å². The number of aliphatic carboxylic acids is 1. The van der Waals surface area contributed by atoms with Crippen LogP contribution in [0, 0.1) is 5.92 Å². The number of ether oxygens (including phenoxy) is 1. The fourth-order valence-electron chi connectivity index (χ4n) is 2.83. The van der Waals surface area contributed by atoms with Gasteiger partial charge in [0.25, 0.3) is 5.91 Å². The highest BCUT2D eigenvalue weighted by molar-refractivity contribution is 5.95. The second kappa shape index (κ2) is 9.03. The summed E-state index contributed by atoms with van der Waals surface area (Å²) in [7, 11) is 0. The van der Waals surface area contributed by atoms with Gasteiger partial charge < -0.3 is 20.5 Å². The Morgan fingerprint density at radius 3 is 2.57 bits per heavy atom. The van der Waals surface area contributed by atoms with Crippen LogP contribution in [0.5, 0.6) is 5.75 Å². The first-order chi connectivity index (χ1) is 13.5. The molecule has 3 rings (SSSR count). The molecule has 0 bridgehead atoms.